The van der Waals surface area contributed by atoms with Gasteiger partial charge in [-0.25, -0.2) is 4.98 Å². The number of hydrogen-bond acceptors (Lipinski definition) is 6. The number of aromatic hydroxyl groups is 1. The lowest BCUT2D eigenvalue weighted by Gasteiger charge is -2.26. The first-order valence-corrected chi connectivity index (χ1v) is 7.90. The average molecular weight is 340 g/mol. The van der Waals surface area contributed by atoms with Crippen molar-refractivity contribution in [1.29, 1.82) is 0 Å². The minimum atomic E-state index is -0.231. The molecule has 0 aromatic carbocycles. The summed E-state index contributed by atoms with van der Waals surface area (Å²) in [6.07, 6.45) is 3.32. The van der Waals surface area contributed by atoms with Crippen LogP contribution in [-0.4, -0.2) is 45.1 Å². The minimum absolute atomic E-state index is 0.0257. The number of rotatable bonds is 6. The highest BCUT2D eigenvalue weighted by Crippen LogP contribution is 2.20. The number of nitrogens with zero attached hydrogens (tertiary/aromatic N) is 4. The second-order valence-corrected chi connectivity index (χ2v) is 5.81. The Morgan fingerprint density at radius 3 is 2.88 bits per heavy atom. The first-order chi connectivity index (χ1) is 12.1. The van der Waals surface area contributed by atoms with Crippen LogP contribution in [0.2, 0.25) is 0 Å². The van der Waals surface area contributed by atoms with Gasteiger partial charge in [0.1, 0.15) is 0 Å². The third kappa shape index (κ3) is 3.67. The van der Waals surface area contributed by atoms with Gasteiger partial charge in [-0.2, -0.15) is 0 Å². The van der Waals surface area contributed by atoms with Gasteiger partial charge in [-0.1, -0.05) is 6.07 Å². The summed E-state index contributed by atoms with van der Waals surface area (Å²) in [4.78, 5) is 23.1. The zero-order valence-corrected chi connectivity index (χ0v) is 14.2. The number of ether oxygens (including phenoxy) is 1. The molecule has 3 aromatic heterocycles. The smallest absolute Gasteiger partial charge is 0.258 e. The summed E-state index contributed by atoms with van der Waals surface area (Å²) in [6.45, 7) is 0.885. The summed E-state index contributed by atoms with van der Waals surface area (Å²) >= 11 is 0. The van der Waals surface area contributed by atoms with Gasteiger partial charge in [-0.15, -0.1) is 0 Å². The molecule has 130 valence electrons. The molecule has 0 spiro atoms. The third-order valence-electron chi connectivity index (χ3n) is 4.02. The van der Waals surface area contributed by atoms with E-state index in [4.69, 9.17) is 4.74 Å². The van der Waals surface area contributed by atoms with Crippen molar-refractivity contribution >= 4 is 5.65 Å². The van der Waals surface area contributed by atoms with Gasteiger partial charge in [0.25, 0.3) is 5.56 Å². The third-order valence-corrected chi connectivity index (χ3v) is 4.02. The molecule has 0 saturated heterocycles. The molecule has 7 heteroatoms. The average Bonchev–Trinajstić information content (AvgIpc) is 2.61. The maximum absolute atomic E-state index is 12.3. The second-order valence-electron chi connectivity index (χ2n) is 5.81. The maximum atomic E-state index is 12.3. The van der Waals surface area contributed by atoms with E-state index < -0.39 is 0 Å². The summed E-state index contributed by atoms with van der Waals surface area (Å²) < 4.78 is 6.65. The van der Waals surface area contributed by atoms with Crippen molar-refractivity contribution in [3.8, 4) is 5.75 Å². The van der Waals surface area contributed by atoms with Crippen molar-refractivity contribution in [2.45, 2.75) is 12.6 Å². The van der Waals surface area contributed by atoms with Crippen molar-refractivity contribution < 1.29 is 9.84 Å². The number of pyridine rings is 2. The summed E-state index contributed by atoms with van der Waals surface area (Å²) in [5.41, 5.74) is 1.48. The number of aromatic nitrogens is 3. The Kier molecular flexibility index (Phi) is 5.06. The molecule has 3 rings (SSSR count). The van der Waals surface area contributed by atoms with E-state index >= 15 is 0 Å². The van der Waals surface area contributed by atoms with Gasteiger partial charge in [-0.05, 0) is 31.3 Å². The van der Waals surface area contributed by atoms with E-state index in [1.807, 2.05) is 30.1 Å². The predicted octanol–water partition coefficient (Wildman–Crippen LogP) is 1.61. The molecule has 1 N–H and O–H groups in total. The predicted molar refractivity (Wildman–Crippen MR) is 93.4 cm³/mol. The van der Waals surface area contributed by atoms with E-state index in [2.05, 4.69) is 9.97 Å². The van der Waals surface area contributed by atoms with Crippen molar-refractivity contribution in [3.05, 3.63) is 70.5 Å². The Labute approximate surface area is 145 Å². The van der Waals surface area contributed by atoms with Crippen molar-refractivity contribution in [2.75, 3.05) is 20.8 Å². The molecule has 0 aliphatic rings. The van der Waals surface area contributed by atoms with Crippen LogP contribution in [0.4, 0.5) is 0 Å². The lowest BCUT2D eigenvalue weighted by molar-refractivity contribution is 0.0993. The van der Waals surface area contributed by atoms with Crippen LogP contribution in [0.3, 0.4) is 0 Å². The van der Waals surface area contributed by atoms with E-state index in [1.54, 1.807) is 25.6 Å². The van der Waals surface area contributed by atoms with Gasteiger partial charge < -0.3 is 9.84 Å². The van der Waals surface area contributed by atoms with Crippen LogP contribution in [0, 0.1) is 0 Å². The van der Waals surface area contributed by atoms with Crippen molar-refractivity contribution in [2.24, 2.45) is 0 Å². The molecule has 1 unspecified atom stereocenters. The van der Waals surface area contributed by atoms with E-state index in [1.165, 1.54) is 16.5 Å². The molecule has 3 aromatic rings. The summed E-state index contributed by atoms with van der Waals surface area (Å²) in [7, 11) is 3.56. The standard InChI is InChI=1S/C18H20N4O3/c1-21(15(12-25-2)14-6-3-4-8-19-14)11-13-10-17(24)22-9-5-7-16(23)18(22)20-13/h3-10,15,23H,11-12H2,1-2H3. The summed E-state index contributed by atoms with van der Waals surface area (Å²) in [5.74, 6) is -0.0257. The van der Waals surface area contributed by atoms with Gasteiger partial charge in [0.2, 0.25) is 0 Å². The molecular weight excluding hydrogens is 320 g/mol. The fraction of sp³-hybridized carbons (Fsp3) is 0.278. The highest BCUT2D eigenvalue weighted by Gasteiger charge is 2.19. The molecule has 0 aliphatic heterocycles. The molecule has 0 aliphatic carbocycles. The number of methoxy groups -OCH3 is 1. The number of fused-ring (bicyclic) bond motifs is 1. The Balaban J connectivity index is 1.91. The molecule has 1 atom stereocenters. The van der Waals surface area contributed by atoms with Crippen LogP contribution in [0.5, 0.6) is 5.75 Å². The molecule has 0 saturated carbocycles. The molecule has 0 bridgehead atoms. The molecule has 3 heterocycles. The second kappa shape index (κ2) is 7.42. The SMILES string of the molecule is COCC(c1ccccn1)N(C)Cc1cc(=O)n2cccc(O)c2n1. The lowest BCUT2D eigenvalue weighted by Crippen LogP contribution is -2.29. The highest BCUT2D eigenvalue weighted by atomic mass is 16.5. The van der Waals surface area contributed by atoms with Gasteiger partial charge in [0, 0.05) is 32.1 Å². The monoisotopic (exact) mass is 340 g/mol. The fourth-order valence-corrected chi connectivity index (χ4v) is 2.77. The van der Waals surface area contributed by atoms with Gasteiger partial charge >= 0.3 is 0 Å². The minimum Gasteiger partial charge on any atom is -0.504 e. The Hall–Kier alpha value is -2.77. The van der Waals surface area contributed by atoms with Gasteiger partial charge in [0.15, 0.2) is 11.4 Å². The first-order valence-electron chi connectivity index (χ1n) is 7.90. The first kappa shape index (κ1) is 17.1. The fourth-order valence-electron chi connectivity index (χ4n) is 2.77. The molecule has 7 nitrogen and oxygen atoms in total. The van der Waals surface area contributed by atoms with Crippen LogP contribution in [0.25, 0.3) is 5.65 Å². The maximum Gasteiger partial charge on any atom is 0.258 e. The van der Waals surface area contributed by atoms with Crippen LogP contribution in [-0.2, 0) is 11.3 Å². The Morgan fingerprint density at radius 1 is 1.32 bits per heavy atom. The van der Waals surface area contributed by atoms with Gasteiger partial charge in [-0.3, -0.25) is 19.1 Å². The Morgan fingerprint density at radius 2 is 2.16 bits per heavy atom. The molecule has 0 radical (unpaired) electrons. The highest BCUT2D eigenvalue weighted by molar-refractivity contribution is 5.52. The van der Waals surface area contributed by atoms with E-state index in [0.29, 0.717) is 18.8 Å². The number of likely N-dealkylation sites (N-methyl/N-ethyl adjacent to an activating group) is 1. The zero-order chi connectivity index (χ0) is 17.8. The quantitative estimate of drug-likeness (QED) is 0.734. The van der Waals surface area contributed by atoms with Crippen molar-refractivity contribution in [1.82, 2.24) is 19.3 Å². The molecule has 0 fully saturated rings. The van der Waals surface area contributed by atoms with Gasteiger partial charge in [0.05, 0.1) is 24.0 Å². The van der Waals surface area contributed by atoms with Crippen LogP contribution < -0.4 is 5.56 Å². The van der Waals surface area contributed by atoms with E-state index in [0.717, 1.165) is 5.69 Å². The molecule has 0 amide bonds. The molecule has 25 heavy (non-hydrogen) atoms. The summed E-state index contributed by atoms with van der Waals surface area (Å²) in [6, 6.07) is 10.2. The number of hydrogen-bond donors (Lipinski definition) is 1. The van der Waals surface area contributed by atoms with Crippen molar-refractivity contribution in [3.63, 3.8) is 0 Å². The largest absolute Gasteiger partial charge is 0.504 e. The van der Waals surface area contributed by atoms with Crippen LogP contribution in [0.15, 0.2) is 53.6 Å². The summed E-state index contributed by atoms with van der Waals surface area (Å²) in [5, 5.41) is 9.96. The van der Waals surface area contributed by atoms with Crippen LogP contribution >= 0.6 is 0 Å². The Bertz CT molecular complexity index is 911. The topological polar surface area (TPSA) is 80.0 Å². The van der Waals surface area contributed by atoms with E-state index in [9.17, 15) is 9.90 Å². The van der Waals surface area contributed by atoms with E-state index in [-0.39, 0.29) is 23.0 Å². The molecular formula is C18H20N4O3. The lowest BCUT2D eigenvalue weighted by atomic mass is 10.1. The van der Waals surface area contributed by atoms with Crippen LogP contribution in [0.1, 0.15) is 17.4 Å². The zero-order valence-electron chi connectivity index (χ0n) is 14.2. The normalized spacial score (nSPS) is 12.6.